The summed E-state index contributed by atoms with van der Waals surface area (Å²) in [6, 6.07) is 3.11. The van der Waals surface area contributed by atoms with Gasteiger partial charge in [0.15, 0.2) is 0 Å². The molecule has 1 aliphatic heterocycles. The van der Waals surface area contributed by atoms with Crippen LogP contribution in [-0.4, -0.2) is 34.7 Å². The predicted octanol–water partition coefficient (Wildman–Crippen LogP) is 0.727. The van der Waals surface area contributed by atoms with Crippen molar-refractivity contribution >= 4 is 11.5 Å². The molecule has 1 fully saturated rings. The topological polar surface area (TPSA) is 79.5 Å². The third kappa shape index (κ3) is 1.83. The van der Waals surface area contributed by atoms with Crippen LogP contribution in [-0.2, 0) is 0 Å². The normalized spacial score (nSPS) is 16.0. The number of nitrogens with zero attached hydrogens (tertiary/aromatic N) is 3. The summed E-state index contributed by atoms with van der Waals surface area (Å²) >= 11 is 0. The molecule has 1 N–H and O–H groups in total. The van der Waals surface area contributed by atoms with Gasteiger partial charge in [-0.05, 0) is 13.0 Å². The van der Waals surface area contributed by atoms with Crippen molar-refractivity contribution < 1.29 is 10.0 Å². The fraction of sp³-hybridized carbons (Fsp3) is 0.500. The van der Waals surface area contributed by atoms with Crippen molar-refractivity contribution in [2.75, 3.05) is 24.6 Å². The number of nitro groups is 1. The number of aliphatic hydroxyl groups excluding tert-OH is 1. The second kappa shape index (κ2) is 4.05. The van der Waals surface area contributed by atoms with Crippen LogP contribution in [0.5, 0.6) is 0 Å². The van der Waals surface area contributed by atoms with E-state index < -0.39 is 4.92 Å². The van der Waals surface area contributed by atoms with E-state index in [1.807, 2.05) is 4.90 Å². The molecule has 0 spiro atoms. The van der Waals surface area contributed by atoms with Gasteiger partial charge in [-0.15, -0.1) is 0 Å². The van der Waals surface area contributed by atoms with E-state index in [4.69, 9.17) is 5.11 Å². The molecule has 1 aromatic heterocycles. The Morgan fingerprint density at radius 2 is 2.31 bits per heavy atom. The van der Waals surface area contributed by atoms with Crippen molar-refractivity contribution in [1.29, 1.82) is 0 Å². The number of rotatable bonds is 3. The van der Waals surface area contributed by atoms with E-state index in [1.165, 1.54) is 6.07 Å². The molecule has 86 valence electrons. The lowest BCUT2D eigenvalue weighted by Gasteiger charge is -2.38. The Morgan fingerprint density at radius 3 is 2.88 bits per heavy atom. The van der Waals surface area contributed by atoms with Crippen LogP contribution in [0.1, 0.15) is 5.69 Å². The molecule has 0 unspecified atom stereocenters. The second-order valence-electron chi connectivity index (χ2n) is 4.01. The maximum atomic E-state index is 10.8. The van der Waals surface area contributed by atoms with Gasteiger partial charge in [-0.3, -0.25) is 10.1 Å². The van der Waals surface area contributed by atoms with Crippen LogP contribution >= 0.6 is 0 Å². The van der Waals surface area contributed by atoms with E-state index in [0.29, 0.717) is 18.9 Å². The Bertz CT molecular complexity index is 416. The highest BCUT2D eigenvalue weighted by molar-refractivity contribution is 5.59. The Morgan fingerprint density at radius 1 is 1.62 bits per heavy atom. The summed E-state index contributed by atoms with van der Waals surface area (Å²) in [5, 5.41) is 19.7. The molecule has 0 aromatic carbocycles. The van der Waals surface area contributed by atoms with E-state index in [0.717, 1.165) is 5.69 Å². The molecule has 1 aromatic rings. The standard InChI is InChI=1S/C10H13N3O3/c1-7-2-3-9(13(15)16)10(11-7)12-4-8(5-12)6-14/h2-3,8,14H,4-6H2,1H3. The first-order valence-corrected chi connectivity index (χ1v) is 5.09. The third-order valence-corrected chi connectivity index (χ3v) is 2.71. The molecule has 0 atom stereocenters. The van der Waals surface area contributed by atoms with Gasteiger partial charge in [-0.2, -0.15) is 0 Å². The number of aryl methyl sites for hydroxylation is 1. The zero-order valence-corrected chi connectivity index (χ0v) is 8.96. The summed E-state index contributed by atoms with van der Waals surface area (Å²) in [6.45, 7) is 3.19. The molecule has 0 radical (unpaired) electrons. The van der Waals surface area contributed by atoms with Gasteiger partial charge in [0.1, 0.15) is 0 Å². The van der Waals surface area contributed by atoms with Crippen molar-refractivity contribution in [3.63, 3.8) is 0 Å². The fourth-order valence-electron chi connectivity index (χ4n) is 1.77. The molecule has 0 amide bonds. The van der Waals surface area contributed by atoms with Crippen molar-refractivity contribution in [2.45, 2.75) is 6.92 Å². The van der Waals surface area contributed by atoms with Gasteiger partial charge in [-0.1, -0.05) is 0 Å². The lowest BCUT2D eigenvalue weighted by molar-refractivity contribution is -0.384. The molecule has 2 rings (SSSR count). The second-order valence-corrected chi connectivity index (χ2v) is 4.01. The lowest BCUT2D eigenvalue weighted by atomic mass is 10.0. The zero-order valence-electron chi connectivity index (χ0n) is 8.96. The van der Waals surface area contributed by atoms with Gasteiger partial charge in [0.05, 0.1) is 4.92 Å². The quantitative estimate of drug-likeness (QED) is 0.603. The fourth-order valence-corrected chi connectivity index (χ4v) is 1.77. The molecule has 0 aliphatic carbocycles. The number of aliphatic hydroxyl groups is 1. The van der Waals surface area contributed by atoms with E-state index in [2.05, 4.69) is 4.98 Å². The monoisotopic (exact) mass is 223 g/mol. The molecular weight excluding hydrogens is 210 g/mol. The molecule has 0 saturated carbocycles. The van der Waals surface area contributed by atoms with E-state index in [9.17, 15) is 10.1 Å². The third-order valence-electron chi connectivity index (χ3n) is 2.71. The first-order valence-electron chi connectivity index (χ1n) is 5.09. The number of anilines is 1. The van der Waals surface area contributed by atoms with Gasteiger partial charge >= 0.3 is 5.69 Å². The van der Waals surface area contributed by atoms with Gasteiger partial charge in [-0.25, -0.2) is 4.98 Å². The van der Waals surface area contributed by atoms with E-state index >= 15 is 0 Å². The van der Waals surface area contributed by atoms with Crippen LogP contribution in [0.3, 0.4) is 0 Å². The maximum Gasteiger partial charge on any atom is 0.311 e. The minimum atomic E-state index is -0.423. The predicted molar refractivity (Wildman–Crippen MR) is 58.4 cm³/mol. The van der Waals surface area contributed by atoms with Crippen molar-refractivity contribution in [2.24, 2.45) is 5.92 Å². The number of hydrogen-bond donors (Lipinski definition) is 1. The van der Waals surface area contributed by atoms with E-state index in [1.54, 1.807) is 13.0 Å². The van der Waals surface area contributed by atoms with Gasteiger partial charge in [0.25, 0.3) is 0 Å². The highest BCUT2D eigenvalue weighted by atomic mass is 16.6. The average Bonchev–Trinajstić information content (AvgIpc) is 2.15. The molecular formula is C10H13N3O3. The number of aromatic nitrogens is 1. The molecule has 6 heteroatoms. The average molecular weight is 223 g/mol. The Kier molecular flexibility index (Phi) is 2.74. The van der Waals surface area contributed by atoms with Crippen LogP contribution in [0.4, 0.5) is 11.5 Å². The van der Waals surface area contributed by atoms with Crippen LogP contribution in [0.2, 0.25) is 0 Å². The minimum Gasteiger partial charge on any atom is -0.396 e. The maximum absolute atomic E-state index is 10.8. The van der Waals surface area contributed by atoms with Crippen molar-refractivity contribution in [3.05, 3.63) is 27.9 Å². The Hall–Kier alpha value is -1.69. The van der Waals surface area contributed by atoms with Gasteiger partial charge in [0, 0.05) is 37.4 Å². The summed E-state index contributed by atoms with van der Waals surface area (Å²) < 4.78 is 0. The summed E-state index contributed by atoms with van der Waals surface area (Å²) in [5.74, 6) is 0.622. The molecule has 0 bridgehead atoms. The molecule has 2 heterocycles. The summed E-state index contributed by atoms with van der Waals surface area (Å²) in [5.41, 5.74) is 0.787. The van der Waals surface area contributed by atoms with Gasteiger partial charge < -0.3 is 10.0 Å². The Balaban J connectivity index is 2.25. The smallest absolute Gasteiger partial charge is 0.311 e. The minimum absolute atomic E-state index is 0.0296. The highest BCUT2D eigenvalue weighted by Gasteiger charge is 2.31. The Labute approximate surface area is 92.7 Å². The molecule has 16 heavy (non-hydrogen) atoms. The first kappa shape index (κ1) is 10.8. The largest absolute Gasteiger partial charge is 0.396 e. The zero-order chi connectivity index (χ0) is 11.7. The molecule has 1 saturated heterocycles. The number of hydrogen-bond acceptors (Lipinski definition) is 5. The van der Waals surface area contributed by atoms with Crippen molar-refractivity contribution in [1.82, 2.24) is 4.98 Å². The van der Waals surface area contributed by atoms with Crippen LogP contribution < -0.4 is 4.90 Å². The molecule has 6 nitrogen and oxygen atoms in total. The van der Waals surface area contributed by atoms with Crippen LogP contribution in [0, 0.1) is 23.0 Å². The van der Waals surface area contributed by atoms with Crippen LogP contribution in [0.15, 0.2) is 12.1 Å². The lowest BCUT2D eigenvalue weighted by Crippen LogP contribution is -2.49. The van der Waals surface area contributed by atoms with Crippen molar-refractivity contribution in [3.8, 4) is 0 Å². The summed E-state index contributed by atoms with van der Waals surface area (Å²) in [7, 11) is 0. The SMILES string of the molecule is Cc1ccc([N+](=O)[O-])c(N2CC(CO)C2)n1. The summed E-state index contributed by atoms with van der Waals surface area (Å²) in [6.07, 6.45) is 0. The summed E-state index contributed by atoms with van der Waals surface area (Å²) in [4.78, 5) is 16.4. The first-order chi connectivity index (χ1) is 7.61. The van der Waals surface area contributed by atoms with Gasteiger partial charge in [0.2, 0.25) is 5.82 Å². The highest BCUT2D eigenvalue weighted by Crippen LogP contribution is 2.31. The van der Waals surface area contributed by atoms with E-state index in [-0.39, 0.29) is 18.2 Å². The number of pyridine rings is 1. The molecule has 1 aliphatic rings. The van der Waals surface area contributed by atoms with Crippen LogP contribution in [0.25, 0.3) is 0 Å².